The smallest absolute Gasteiger partial charge is 0.242 e. The summed E-state index contributed by atoms with van der Waals surface area (Å²) in [5.41, 5.74) is 3.76. The molecule has 0 radical (unpaired) electrons. The maximum absolute atomic E-state index is 12.0. The number of carbonyl (C=O) groups excluding carboxylic acids is 1. The van der Waals surface area contributed by atoms with Gasteiger partial charge < -0.3 is 15.5 Å². The fourth-order valence-corrected chi connectivity index (χ4v) is 2.89. The molecule has 0 aromatic heterocycles. The Morgan fingerprint density at radius 1 is 1.43 bits per heavy atom. The Morgan fingerprint density at radius 2 is 2.19 bits per heavy atom. The number of hydrogen-bond donors (Lipinski definition) is 2. The van der Waals surface area contributed by atoms with Crippen molar-refractivity contribution in [3.05, 3.63) is 29.3 Å². The standard InChI is InChI=1S/C17H27N3O/c1-12(2)19-11-14-7-8-15(10-13(14)3)20-9-5-6-16(20)17(21)18-4/h7-8,10,12,16,19H,5-6,9,11H2,1-4H3,(H,18,21). The zero-order valence-electron chi connectivity index (χ0n) is 13.6. The molecule has 1 aromatic carbocycles. The van der Waals surface area contributed by atoms with E-state index in [1.807, 2.05) is 0 Å². The summed E-state index contributed by atoms with van der Waals surface area (Å²) in [5.74, 6) is 0.121. The number of amides is 1. The normalized spacial score (nSPS) is 18.3. The van der Waals surface area contributed by atoms with Crippen molar-refractivity contribution in [2.24, 2.45) is 0 Å². The predicted molar refractivity (Wildman–Crippen MR) is 87.6 cm³/mol. The zero-order valence-corrected chi connectivity index (χ0v) is 13.6. The highest BCUT2D eigenvalue weighted by atomic mass is 16.2. The lowest BCUT2D eigenvalue weighted by atomic mass is 10.1. The highest BCUT2D eigenvalue weighted by Gasteiger charge is 2.30. The topological polar surface area (TPSA) is 44.4 Å². The molecule has 0 saturated carbocycles. The molecule has 116 valence electrons. The van der Waals surface area contributed by atoms with Crippen LogP contribution in [0.1, 0.15) is 37.8 Å². The highest BCUT2D eigenvalue weighted by Crippen LogP contribution is 2.27. The van der Waals surface area contributed by atoms with Gasteiger partial charge in [0, 0.05) is 31.9 Å². The molecule has 21 heavy (non-hydrogen) atoms. The van der Waals surface area contributed by atoms with Crippen LogP contribution in [0.2, 0.25) is 0 Å². The molecule has 4 nitrogen and oxygen atoms in total. The van der Waals surface area contributed by atoms with Gasteiger partial charge in [-0.3, -0.25) is 4.79 Å². The molecule has 1 heterocycles. The van der Waals surface area contributed by atoms with Crippen LogP contribution in [0.5, 0.6) is 0 Å². The molecule has 0 bridgehead atoms. The summed E-state index contributed by atoms with van der Waals surface area (Å²) < 4.78 is 0. The number of anilines is 1. The fourth-order valence-electron chi connectivity index (χ4n) is 2.89. The van der Waals surface area contributed by atoms with Crippen molar-refractivity contribution in [2.75, 3.05) is 18.5 Å². The predicted octanol–water partition coefficient (Wildman–Crippen LogP) is 2.21. The molecule has 1 saturated heterocycles. The molecule has 1 atom stereocenters. The van der Waals surface area contributed by atoms with Crippen molar-refractivity contribution < 1.29 is 4.79 Å². The summed E-state index contributed by atoms with van der Waals surface area (Å²) in [6.45, 7) is 8.30. The molecular weight excluding hydrogens is 262 g/mol. The maximum Gasteiger partial charge on any atom is 0.242 e. The van der Waals surface area contributed by atoms with E-state index in [1.165, 1.54) is 11.1 Å². The van der Waals surface area contributed by atoms with Crippen LogP contribution in [0.15, 0.2) is 18.2 Å². The van der Waals surface area contributed by atoms with Crippen molar-refractivity contribution in [3.63, 3.8) is 0 Å². The minimum Gasteiger partial charge on any atom is -0.360 e. The van der Waals surface area contributed by atoms with Crippen LogP contribution >= 0.6 is 0 Å². The monoisotopic (exact) mass is 289 g/mol. The Bertz CT molecular complexity index is 499. The Balaban J connectivity index is 2.13. The van der Waals surface area contributed by atoms with Gasteiger partial charge >= 0.3 is 0 Å². The van der Waals surface area contributed by atoms with Gasteiger partial charge in [0.05, 0.1) is 0 Å². The molecular formula is C17H27N3O. The number of aryl methyl sites for hydroxylation is 1. The van der Waals surface area contributed by atoms with E-state index in [9.17, 15) is 4.79 Å². The fraction of sp³-hybridized carbons (Fsp3) is 0.588. The molecule has 0 aliphatic carbocycles. The second kappa shape index (κ2) is 6.94. The van der Waals surface area contributed by atoms with Gasteiger partial charge in [-0.2, -0.15) is 0 Å². The van der Waals surface area contributed by atoms with E-state index >= 15 is 0 Å². The number of rotatable bonds is 5. The number of nitrogens with one attached hydrogen (secondary N) is 2. The van der Waals surface area contributed by atoms with E-state index in [-0.39, 0.29) is 11.9 Å². The molecule has 2 rings (SSSR count). The summed E-state index contributed by atoms with van der Waals surface area (Å²) in [7, 11) is 1.71. The summed E-state index contributed by atoms with van der Waals surface area (Å²) in [6.07, 6.45) is 2.02. The quantitative estimate of drug-likeness (QED) is 0.873. The Labute approximate surface area is 127 Å². The number of carbonyl (C=O) groups is 1. The Morgan fingerprint density at radius 3 is 2.81 bits per heavy atom. The van der Waals surface area contributed by atoms with Gasteiger partial charge in [-0.05, 0) is 43.0 Å². The minimum atomic E-state index is -0.0194. The van der Waals surface area contributed by atoms with Crippen LogP contribution in [0.25, 0.3) is 0 Å². The molecule has 0 spiro atoms. The number of benzene rings is 1. The maximum atomic E-state index is 12.0. The molecule has 1 unspecified atom stereocenters. The lowest BCUT2D eigenvalue weighted by Gasteiger charge is -2.26. The lowest BCUT2D eigenvalue weighted by molar-refractivity contribution is -0.121. The average Bonchev–Trinajstić information content (AvgIpc) is 2.94. The first-order chi connectivity index (χ1) is 10.0. The molecule has 1 aliphatic heterocycles. The average molecular weight is 289 g/mol. The second-order valence-corrected chi connectivity index (χ2v) is 6.11. The largest absolute Gasteiger partial charge is 0.360 e. The van der Waals surface area contributed by atoms with E-state index in [0.717, 1.165) is 31.6 Å². The second-order valence-electron chi connectivity index (χ2n) is 6.11. The number of hydrogen-bond acceptors (Lipinski definition) is 3. The van der Waals surface area contributed by atoms with Crippen molar-refractivity contribution in [2.45, 2.75) is 52.2 Å². The molecule has 1 aliphatic rings. The van der Waals surface area contributed by atoms with Gasteiger partial charge in [0.15, 0.2) is 0 Å². The number of nitrogens with zero attached hydrogens (tertiary/aromatic N) is 1. The van der Waals surface area contributed by atoms with Gasteiger partial charge in [-0.25, -0.2) is 0 Å². The summed E-state index contributed by atoms with van der Waals surface area (Å²) in [5, 5.41) is 6.22. The first-order valence-corrected chi connectivity index (χ1v) is 7.84. The third-order valence-corrected chi connectivity index (χ3v) is 4.16. The van der Waals surface area contributed by atoms with Crippen LogP contribution < -0.4 is 15.5 Å². The van der Waals surface area contributed by atoms with Crippen molar-refractivity contribution in [3.8, 4) is 0 Å². The van der Waals surface area contributed by atoms with E-state index < -0.39 is 0 Å². The third-order valence-electron chi connectivity index (χ3n) is 4.16. The van der Waals surface area contributed by atoms with E-state index in [0.29, 0.717) is 6.04 Å². The first kappa shape index (κ1) is 15.8. The van der Waals surface area contributed by atoms with Crippen molar-refractivity contribution in [1.82, 2.24) is 10.6 Å². The zero-order chi connectivity index (χ0) is 15.4. The van der Waals surface area contributed by atoms with Gasteiger partial charge in [0.25, 0.3) is 0 Å². The SMILES string of the molecule is CNC(=O)C1CCCN1c1ccc(CNC(C)C)c(C)c1. The van der Waals surface area contributed by atoms with Crippen molar-refractivity contribution in [1.29, 1.82) is 0 Å². The van der Waals surface area contributed by atoms with Gasteiger partial charge in [0.2, 0.25) is 5.91 Å². The third kappa shape index (κ3) is 3.76. The Hall–Kier alpha value is -1.55. The van der Waals surface area contributed by atoms with Gasteiger partial charge in [-0.15, -0.1) is 0 Å². The first-order valence-electron chi connectivity index (χ1n) is 7.84. The summed E-state index contributed by atoms with van der Waals surface area (Å²) >= 11 is 0. The van der Waals surface area contributed by atoms with Crippen LogP contribution in [0.3, 0.4) is 0 Å². The Kier molecular flexibility index (Phi) is 5.23. The van der Waals surface area contributed by atoms with Gasteiger partial charge in [0.1, 0.15) is 6.04 Å². The van der Waals surface area contributed by atoms with Crippen molar-refractivity contribution >= 4 is 11.6 Å². The molecule has 2 N–H and O–H groups in total. The van der Waals surface area contributed by atoms with Crippen LogP contribution in [-0.4, -0.2) is 31.6 Å². The van der Waals surface area contributed by atoms with Crippen LogP contribution in [0.4, 0.5) is 5.69 Å². The van der Waals surface area contributed by atoms with Crippen LogP contribution in [0, 0.1) is 6.92 Å². The molecule has 4 heteroatoms. The molecule has 1 amide bonds. The summed E-state index contributed by atoms with van der Waals surface area (Å²) in [4.78, 5) is 14.2. The summed E-state index contributed by atoms with van der Waals surface area (Å²) in [6, 6.07) is 7.00. The lowest BCUT2D eigenvalue weighted by Crippen LogP contribution is -2.42. The molecule has 1 aromatic rings. The van der Waals surface area contributed by atoms with Crippen LogP contribution in [-0.2, 0) is 11.3 Å². The van der Waals surface area contributed by atoms with E-state index in [4.69, 9.17) is 0 Å². The van der Waals surface area contributed by atoms with E-state index in [2.05, 4.69) is 54.5 Å². The highest BCUT2D eigenvalue weighted by molar-refractivity contribution is 5.85. The number of likely N-dealkylation sites (N-methyl/N-ethyl adjacent to an activating group) is 1. The van der Waals surface area contributed by atoms with E-state index in [1.54, 1.807) is 7.05 Å². The minimum absolute atomic E-state index is 0.0194. The van der Waals surface area contributed by atoms with Gasteiger partial charge in [-0.1, -0.05) is 19.9 Å². The molecule has 1 fully saturated rings.